The Kier molecular flexibility index (Phi) is 6.67. The first-order chi connectivity index (χ1) is 10.9. The Morgan fingerprint density at radius 3 is 2.30 bits per heavy atom. The standard InChI is InChI=1S/C15H31N5O2S/c1-18(2)23(21,22)20-12-8-5-9-14(20)13-17-15(16)19-10-6-3-4-7-11-19/h14H,3-13H2,1-2H3,(H2,16,17). The molecule has 0 saturated carbocycles. The number of hydrogen-bond acceptors (Lipinski definition) is 3. The van der Waals surface area contributed by atoms with Crippen molar-refractivity contribution in [3.63, 3.8) is 0 Å². The number of nitrogens with two attached hydrogens (primary N) is 1. The summed E-state index contributed by atoms with van der Waals surface area (Å²) in [6.45, 7) is 2.94. The van der Waals surface area contributed by atoms with Gasteiger partial charge in [0.2, 0.25) is 0 Å². The highest BCUT2D eigenvalue weighted by atomic mass is 32.2. The molecule has 2 N–H and O–H groups in total. The summed E-state index contributed by atoms with van der Waals surface area (Å²) < 4.78 is 27.8. The van der Waals surface area contributed by atoms with Crippen LogP contribution in [0.3, 0.4) is 0 Å². The second-order valence-corrected chi connectivity index (χ2v) is 8.75. The highest BCUT2D eigenvalue weighted by Crippen LogP contribution is 2.22. The highest BCUT2D eigenvalue weighted by Gasteiger charge is 2.33. The summed E-state index contributed by atoms with van der Waals surface area (Å²) >= 11 is 0. The molecule has 0 aromatic carbocycles. The van der Waals surface area contributed by atoms with Gasteiger partial charge < -0.3 is 10.6 Å². The molecule has 0 amide bonds. The predicted octanol–water partition coefficient (Wildman–Crippen LogP) is 0.838. The number of piperidine rings is 1. The Bertz CT molecular complexity index is 498. The highest BCUT2D eigenvalue weighted by molar-refractivity contribution is 7.86. The van der Waals surface area contributed by atoms with Crippen LogP contribution >= 0.6 is 0 Å². The van der Waals surface area contributed by atoms with Gasteiger partial charge in [-0.25, -0.2) is 0 Å². The van der Waals surface area contributed by atoms with Gasteiger partial charge >= 0.3 is 0 Å². The van der Waals surface area contributed by atoms with Gasteiger partial charge in [-0.05, 0) is 25.7 Å². The molecule has 7 nitrogen and oxygen atoms in total. The third-order valence-electron chi connectivity index (χ3n) is 4.73. The molecule has 2 saturated heterocycles. The number of guanidine groups is 1. The van der Waals surface area contributed by atoms with Gasteiger partial charge in [-0.1, -0.05) is 19.3 Å². The van der Waals surface area contributed by atoms with Crippen molar-refractivity contribution in [3.8, 4) is 0 Å². The maximum atomic E-state index is 12.4. The van der Waals surface area contributed by atoms with Crippen LogP contribution < -0.4 is 5.73 Å². The summed E-state index contributed by atoms with van der Waals surface area (Å²) in [6.07, 6.45) is 7.62. The zero-order chi connectivity index (χ0) is 16.9. The van der Waals surface area contributed by atoms with Gasteiger partial charge in [0.15, 0.2) is 5.96 Å². The van der Waals surface area contributed by atoms with E-state index in [9.17, 15) is 8.42 Å². The molecule has 0 bridgehead atoms. The quantitative estimate of drug-likeness (QED) is 0.604. The van der Waals surface area contributed by atoms with Crippen LogP contribution in [0.1, 0.15) is 44.9 Å². The fraction of sp³-hybridized carbons (Fsp3) is 0.933. The van der Waals surface area contributed by atoms with Gasteiger partial charge in [0.25, 0.3) is 10.2 Å². The van der Waals surface area contributed by atoms with Crippen LogP contribution in [-0.2, 0) is 10.2 Å². The third-order valence-corrected chi connectivity index (χ3v) is 6.72. The third kappa shape index (κ3) is 4.81. The topological polar surface area (TPSA) is 82.2 Å². The molecule has 0 spiro atoms. The van der Waals surface area contributed by atoms with Crippen molar-refractivity contribution in [1.29, 1.82) is 0 Å². The average molecular weight is 346 g/mol. The molecule has 2 aliphatic rings. The van der Waals surface area contributed by atoms with E-state index in [1.165, 1.54) is 17.1 Å². The van der Waals surface area contributed by atoms with E-state index in [1.54, 1.807) is 18.4 Å². The molecule has 2 rings (SSSR count). The first-order valence-corrected chi connectivity index (χ1v) is 10.1. The van der Waals surface area contributed by atoms with Crippen LogP contribution in [0.15, 0.2) is 4.99 Å². The lowest BCUT2D eigenvalue weighted by molar-refractivity contribution is 0.244. The van der Waals surface area contributed by atoms with Crippen LogP contribution in [0.2, 0.25) is 0 Å². The lowest BCUT2D eigenvalue weighted by Crippen LogP contribution is -2.50. The van der Waals surface area contributed by atoms with E-state index in [4.69, 9.17) is 5.73 Å². The maximum Gasteiger partial charge on any atom is 0.281 e. The van der Waals surface area contributed by atoms with E-state index in [0.717, 1.165) is 45.2 Å². The summed E-state index contributed by atoms with van der Waals surface area (Å²) in [7, 11) is -0.226. The normalized spacial score (nSPS) is 25.6. The molecule has 0 aromatic rings. The van der Waals surface area contributed by atoms with Crippen LogP contribution in [0.5, 0.6) is 0 Å². The van der Waals surface area contributed by atoms with Gasteiger partial charge in [0, 0.05) is 39.8 Å². The van der Waals surface area contributed by atoms with E-state index >= 15 is 0 Å². The summed E-state index contributed by atoms with van der Waals surface area (Å²) in [5.41, 5.74) is 6.15. The van der Waals surface area contributed by atoms with Crippen molar-refractivity contribution < 1.29 is 8.42 Å². The molecule has 23 heavy (non-hydrogen) atoms. The molecule has 2 heterocycles. The molecule has 0 radical (unpaired) electrons. The molecule has 0 aromatic heterocycles. The maximum absolute atomic E-state index is 12.4. The van der Waals surface area contributed by atoms with Crippen molar-refractivity contribution in [2.75, 3.05) is 40.3 Å². The SMILES string of the molecule is CN(C)S(=O)(=O)N1CCCCC1CN=C(N)N1CCCCCC1. The van der Waals surface area contributed by atoms with Gasteiger partial charge in [0.05, 0.1) is 6.54 Å². The summed E-state index contributed by atoms with van der Waals surface area (Å²) in [4.78, 5) is 6.67. The molecule has 1 unspecified atom stereocenters. The van der Waals surface area contributed by atoms with Gasteiger partial charge in [-0.2, -0.15) is 17.0 Å². The van der Waals surface area contributed by atoms with E-state index in [0.29, 0.717) is 19.0 Å². The molecular formula is C15H31N5O2S. The lowest BCUT2D eigenvalue weighted by Gasteiger charge is -2.35. The molecule has 2 aliphatic heterocycles. The molecule has 134 valence electrons. The van der Waals surface area contributed by atoms with Crippen molar-refractivity contribution in [3.05, 3.63) is 0 Å². The summed E-state index contributed by atoms with van der Waals surface area (Å²) in [5, 5.41) is 0. The van der Waals surface area contributed by atoms with E-state index in [2.05, 4.69) is 9.89 Å². The zero-order valence-corrected chi connectivity index (χ0v) is 15.3. The number of aliphatic imine (C=N–C) groups is 1. The van der Waals surface area contributed by atoms with Gasteiger partial charge in [0.1, 0.15) is 0 Å². The van der Waals surface area contributed by atoms with E-state index in [-0.39, 0.29) is 6.04 Å². The second kappa shape index (κ2) is 8.30. The first-order valence-electron chi connectivity index (χ1n) is 8.67. The Morgan fingerprint density at radius 2 is 1.70 bits per heavy atom. The van der Waals surface area contributed by atoms with Crippen LogP contribution in [-0.4, -0.2) is 74.2 Å². The molecule has 8 heteroatoms. The summed E-state index contributed by atoms with van der Waals surface area (Å²) in [5.74, 6) is 0.569. The Balaban J connectivity index is 2.02. The monoisotopic (exact) mass is 345 g/mol. The fourth-order valence-electron chi connectivity index (χ4n) is 3.27. The number of nitrogens with zero attached hydrogens (tertiary/aromatic N) is 4. The van der Waals surface area contributed by atoms with Crippen molar-refractivity contribution in [2.45, 2.75) is 51.0 Å². The van der Waals surface area contributed by atoms with Crippen LogP contribution in [0, 0.1) is 0 Å². The zero-order valence-electron chi connectivity index (χ0n) is 14.4. The number of likely N-dealkylation sites (tertiary alicyclic amines) is 1. The molecule has 2 fully saturated rings. The molecular weight excluding hydrogens is 314 g/mol. The Labute approximate surface area is 140 Å². The Morgan fingerprint density at radius 1 is 1.09 bits per heavy atom. The second-order valence-electron chi connectivity index (χ2n) is 6.65. The number of rotatable bonds is 4. The van der Waals surface area contributed by atoms with E-state index in [1.807, 2.05) is 0 Å². The molecule has 1 atom stereocenters. The van der Waals surface area contributed by atoms with E-state index < -0.39 is 10.2 Å². The van der Waals surface area contributed by atoms with Crippen molar-refractivity contribution >= 4 is 16.2 Å². The van der Waals surface area contributed by atoms with Gasteiger partial charge in [-0.3, -0.25) is 4.99 Å². The summed E-state index contributed by atoms with van der Waals surface area (Å²) in [6, 6.07) is -0.0818. The van der Waals surface area contributed by atoms with Crippen molar-refractivity contribution in [2.24, 2.45) is 10.7 Å². The minimum atomic E-state index is -3.38. The van der Waals surface area contributed by atoms with Crippen LogP contribution in [0.4, 0.5) is 0 Å². The van der Waals surface area contributed by atoms with Gasteiger partial charge in [-0.15, -0.1) is 0 Å². The lowest BCUT2D eigenvalue weighted by atomic mass is 10.1. The smallest absolute Gasteiger partial charge is 0.281 e. The largest absolute Gasteiger partial charge is 0.370 e. The average Bonchev–Trinajstić information content (AvgIpc) is 2.82. The fourth-order valence-corrected chi connectivity index (χ4v) is 4.60. The number of hydrogen-bond donors (Lipinski definition) is 1. The molecule has 0 aliphatic carbocycles. The minimum Gasteiger partial charge on any atom is -0.370 e. The van der Waals surface area contributed by atoms with Crippen molar-refractivity contribution in [1.82, 2.24) is 13.5 Å². The van der Waals surface area contributed by atoms with Crippen LogP contribution in [0.25, 0.3) is 0 Å². The predicted molar refractivity (Wildman–Crippen MR) is 93.5 cm³/mol. The first kappa shape index (κ1) is 18.5. The minimum absolute atomic E-state index is 0.0818. The Hall–Kier alpha value is -0.860.